The van der Waals surface area contributed by atoms with Crippen LogP contribution < -0.4 is 15.6 Å². The van der Waals surface area contributed by atoms with Crippen molar-refractivity contribution in [2.24, 2.45) is 0 Å². The van der Waals surface area contributed by atoms with Gasteiger partial charge in [0.05, 0.1) is 20.1 Å². The normalized spacial score (nSPS) is 10.6. The first-order valence-corrected chi connectivity index (χ1v) is 12.8. The van der Waals surface area contributed by atoms with E-state index < -0.39 is 0 Å². The molecule has 0 fully saturated rings. The molecule has 0 radical (unpaired) electrons. The van der Waals surface area contributed by atoms with Crippen LogP contribution >= 0.6 is 11.6 Å². The number of halogens is 1. The summed E-state index contributed by atoms with van der Waals surface area (Å²) in [5.41, 5.74) is 2.40. The van der Waals surface area contributed by atoms with Crippen LogP contribution in [0.3, 0.4) is 0 Å². The summed E-state index contributed by atoms with van der Waals surface area (Å²) in [7, 11) is 1.35. The summed E-state index contributed by atoms with van der Waals surface area (Å²) in [6, 6.07) is 21.6. The molecule has 0 aliphatic carbocycles. The lowest BCUT2D eigenvalue weighted by Gasteiger charge is -2.15. The molecule has 0 amide bonds. The van der Waals surface area contributed by atoms with Gasteiger partial charge < -0.3 is 14.8 Å². The number of ketones is 1. The predicted molar refractivity (Wildman–Crippen MR) is 150 cm³/mol. The molecule has 0 unspecified atom stereocenters. The first kappa shape index (κ1) is 27.6. The third kappa shape index (κ3) is 7.55. The lowest BCUT2D eigenvalue weighted by Crippen LogP contribution is -2.28. The van der Waals surface area contributed by atoms with E-state index >= 15 is 0 Å². The smallest absolute Gasteiger partial charge is 0.309 e. The lowest BCUT2D eigenvalue weighted by atomic mass is 10.1. The highest BCUT2D eigenvalue weighted by atomic mass is 35.5. The van der Waals surface area contributed by atoms with Crippen molar-refractivity contribution in [1.29, 1.82) is 0 Å². The summed E-state index contributed by atoms with van der Waals surface area (Å²) in [5.74, 6) is 1.17. The van der Waals surface area contributed by atoms with Crippen molar-refractivity contribution in [2.75, 3.05) is 12.4 Å². The lowest BCUT2D eigenvalue weighted by molar-refractivity contribution is -0.139. The number of methoxy groups -OCH3 is 1. The van der Waals surface area contributed by atoms with Gasteiger partial charge >= 0.3 is 5.97 Å². The average Bonchev–Trinajstić information content (AvgIpc) is 2.94. The average molecular weight is 546 g/mol. The quantitative estimate of drug-likeness (QED) is 0.241. The zero-order valence-electron chi connectivity index (χ0n) is 21.6. The number of carbonyl (C=O) groups is 2. The Morgan fingerprint density at radius 1 is 0.949 bits per heavy atom. The van der Waals surface area contributed by atoms with Crippen molar-refractivity contribution in [3.63, 3.8) is 0 Å². The summed E-state index contributed by atoms with van der Waals surface area (Å²) in [5, 5.41) is 3.80. The minimum atomic E-state index is -0.323. The molecule has 0 saturated heterocycles. The zero-order chi connectivity index (χ0) is 27.8. The molecular weight excluding hydrogens is 518 g/mol. The molecule has 200 valence electrons. The predicted octanol–water partition coefficient (Wildman–Crippen LogP) is 5.72. The number of ether oxygens (including phenoxy) is 2. The first-order valence-electron chi connectivity index (χ1n) is 12.4. The van der Waals surface area contributed by atoms with Crippen molar-refractivity contribution in [2.45, 2.75) is 32.7 Å². The maximum absolute atomic E-state index is 13.3. The van der Waals surface area contributed by atoms with Crippen LogP contribution in [0.15, 0.2) is 83.8 Å². The molecule has 0 bridgehead atoms. The highest BCUT2D eigenvalue weighted by molar-refractivity contribution is 6.30. The summed E-state index contributed by atoms with van der Waals surface area (Å²) in [6.07, 6.45) is 2.00. The number of hydrogen-bond donors (Lipinski definition) is 1. The van der Waals surface area contributed by atoms with E-state index in [1.165, 1.54) is 17.9 Å². The number of aromatic nitrogens is 2. The van der Waals surface area contributed by atoms with Crippen LogP contribution in [-0.4, -0.2) is 28.4 Å². The number of nitrogens with one attached hydrogen (secondary N) is 1. The van der Waals surface area contributed by atoms with Crippen molar-refractivity contribution < 1.29 is 19.1 Å². The molecule has 8 nitrogen and oxygen atoms in total. The Kier molecular flexibility index (Phi) is 9.12. The molecule has 4 aromatic rings. The highest BCUT2D eigenvalue weighted by Gasteiger charge is 2.14. The van der Waals surface area contributed by atoms with E-state index in [9.17, 15) is 14.4 Å². The molecular formula is C30H28ClN3O5. The Labute approximate surface area is 231 Å². The topological polar surface area (TPSA) is 99.5 Å². The van der Waals surface area contributed by atoms with Gasteiger partial charge in [-0.1, -0.05) is 42.8 Å². The number of hydrogen-bond acceptors (Lipinski definition) is 7. The van der Waals surface area contributed by atoms with Gasteiger partial charge in [0.15, 0.2) is 0 Å². The molecule has 1 N–H and O–H groups in total. The standard InChI is InChI=1S/C30H28ClN3O5/c1-3-25(35)17-22-18-32-30(34(29(22)37)19-20-7-9-23(31)10-8-20)33-24-11-13-26(14-12-24)39-27-6-4-5-21(15-27)16-28(36)38-2/h4-15,18H,3,16-17,19H2,1-2H3,(H,32,33). The van der Waals surface area contributed by atoms with E-state index in [4.69, 9.17) is 21.1 Å². The van der Waals surface area contributed by atoms with Gasteiger partial charge in [0.2, 0.25) is 5.95 Å². The second kappa shape index (κ2) is 12.9. The molecule has 4 rings (SSSR count). The van der Waals surface area contributed by atoms with E-state index in [0.717, 1.165) is 11.1 Å². The number of nitrogens with zero attached hydrogens (tertiary/aromatic N) is 2. The Balaban J connectivity index is 1.54. The minimum absolute atomic E-state index is 0.0286. The number of rotatable bonds is 11. The van der Waals surface area contributed by atoms with Crippen molar-refractivity contribution >= 4 is 35.0 Å². The molecule has 0 aliphatic heterocycles. The van der Waals surface area contributed by atoms with Crippen LogP contribution in [-0.2, 0) is 33.7 Å². The van der Waals surface area contributed by atoms with Crippen LogP contribution in [0.4, 0.5) is 11.6 Å². The Bertz CT molecular complexity index is 1520. The zero-order valence-corrected chi connectivity index (χ0v) is 22.4. The number of benzene rings is 3. The first-order chi connectivity index (χ1) is 18.8. The Morgan fingerprint density at radius 2 is 1.69 bits per heavy atom. The SMILES string of the molecule is CCC(=O)Cc1cnc(Nc2ccc(Oc3cccc(CC(=O)OC)c3)cc2)n(Cc2ccc(Cl)cc2)c1=O. The van der Waals surface area contributed by atoms with Crippen molar-refractivity contribution in [3.05, 3.63) is 111 Å². The van der Waals surface area contributed by atoms with Gasteiger partial charge in [-0.2, -0.15) is 0 Å². The summed E-state index contributed by atoms with van der Waals surface area (Å²) in [6.45, 7) is 2.02. The molecule has 0 atom stereocenters. The molecule has 39 heavy (non-hydrogen) atoms. The molecule has 0 saturated carbocycles. The summed E-state index contributed by atoms with van der Waals surface area (Å²) >= 11 is 6.02. The van der Waals surface area contributed by atoms with E-state index in [0.29, 0.717) is 40.1 Å². The molecule has 0 spiro atoms. The van der Waals surface area contributed by atoms with Gasteiger partial charge in [0.1, 0.15) is 17.3 Å². The molecule has 9 heteroatoms. The third-order valence-corrected chi connectivity index (χ3v) is 6.23. The third-order valence-electron chi connectivity index (χ3n) is 5.97. The van der Waals surface area contributed by atoms with Gasteiger partial charge in [-0.3, -0.25) is 19.0 Å². The van der Waals surface area contributed by atoms with Crippen LogP contribution in [0.25, 0.3) is 0 Å². The summed E-state index contributed by atoms with van der Waals surface area (Å²) in [4.78, 5) is 41.4. The van der Waals surface area contributed by atoms with Crippen LogP contribution in [0.1, 0.15) is 30.0 Å². The van der Waals surface area contributed by atoms with E-state index in [-0.39, 0.29) is 36.7 Å². The fourth-order valence-corrected chi connectivity index (χ4v) is 3.97. The van der Waals surface area contributed by atoms with Gasteiger partial charge in [0.25, 0.3) is 5.56 Å². The number of Topliss-reactive ketones (excluding diaryl/α,β-unsaturated/α-hetero) is 1. The highest BCUT2D eigenvalue weighted by Crippen LogP contribution is 2.25. The largest absolute Gasteiger partial charge is 0.469 e. The number of anilines is 2. The minimum Gasteiger partial charge on any atom is -0.469 e. The maximum Gasteiger partial charge on any atom is 0.309 e. The molecule has 0 aliphatic rings. The maximum atomic E-state index is 13.3. The van der Waals surface area contributed by atoms with E-state index in [1.807, 2.05) is 24.3 Å². The molecule has 1 heterocycles. The second-order valence-corrected chi connectivity index (χ2v) is 9.28. The Morgan fingerprint density at radius 3 is 2.38 bits per heavy atom. The number of esters is 1. The monoisotopic (exact) mass is 545 g/mol. The number of carbonyl (C=O) groups excluding carboxylic acids is 2. The summed E-state index contributed by atoms with van der Waals surface area (Å²) < 4.78 is 12.2. The van der Waals surface area contributed by atoms with E-state index in [2.05, 4.69) is 10.3 Å². The fraction of sp³-hybridized carbons (Fsp3) is 0.200. The second-order valence-electron chi connectivity index (χ2n) is 8.85. The van der Waals surface area contributed by atoms with Crippen LogP contribution in [0.2, 0.25) is 5.02 Å². The van der Waals surface area contributed by atoms with Gasteiger partial charge in [-0.25, -0.2) is 4.98 Å². The molecule has 1 aromatic heterocycles. The van der Waals surface area contributed by atoms with E-state index in [1.54, 1.807) is 55.5 Å². The van der Waals surface area contributed by atoms with Gasteiger partial charge in [0, 0.05) is 35.3 Å². The van der Waals surface area contributed by atoms with Gasteiger partial charge in [-0.15, -0.1) is 0 Å². The van der Waals surface area contributed by atoms with Crippen molar-refractivity contribution in [1.82, 2.24) is 9.55 Å². The van der Waals surface area contributed by atoms with Gasteiger partial charge in [-0.05, 0) is 59.7 Å². The Hall–Kier alpha value is -4.43. The molecule has 3 aromatic carbocycles. The fourth-order valence-electron chi connectivity index (χ4n) is 3.84. The van der Waals surface area contributed by atoms with Crippen LogP contribution in [0, 0.1) is 0 Å². The van der Waals surface area contributed by atoms with Crippen molar-refractivity contribution in [3.8, 4) is 11.5 Å². The van der Waals surface area contributed by atoms with Crippen LogP contribution in [0.5, 0.6) is 11.5 Å².